The van der Waals surface area contributed by atoms with Crippen molar-refractivity contribution in [2.24, 2.45) is 0 Å². The van der Waals surface area contributed by atoms with Gasteiger partial charge in [0.1, 0.15) is 11.3 Å². The number of sulfonamides is 1. The summed E-state index contributed by atoms with van der Waals surface area (Å²) in [5.41, 5.74) is 0.752. The molecule has 0 saturated heterocycles. The van der Waals surface area contributed by atoms with Crippen LogP contribution in [0.25, 0.3) is 11.0 Å². The highest BCUT2D eigenvalue weighted by atomic mass is 79.9. The first-order valence-electron chi connectivity index (χ1n) is 7.11. The third kappa shape index (κ3) is 3.06. The summed E-state index contributed by atoms with van der Waals surface area (Å²) in [5.74, 6) is 0.618. The van der Waals surface area contributed by atoms with Crippen LogP contribution in [0.2, 0.25) is 0 Å². The molecule has 0 aliphatic heterocycles. The first-order valence-corrected chi connectivity index (χ1v) is 9.35. The Morgan fingerprint density at radius 2 is 1.83 bits per heavy atom. The van der Waals surface area contributed by atoms with Crippen LogP contribution in [0.4, 0.5) is 0 Å². The van der Waals surface area contributed by atoms with E-state index in [9.17, 15) is 8.42 Å². The minimum atomic E-state index is -3.60. The summed E-state index contributed by atoms with van der Waals surface area (Å²) < 4.78 is 33.4. The first kappa shape index (κ1) is 16.2. The molecule has 23 heavy (non-hydrogen) atoms. The van der Waals surface area contributed by atoms with Gasteiger partial charge in [-0.3, -0.25) is 0 Å². The average molecular weight is 394 g/mol. The number of benzene rings is 2. The minimum Gasteiger partial charge on any atom is -0.459 e. The summed E-state index contributed by atoms with van der Waals surface area (Å²) in [4.78, 5) is 0.248. The van der Waals surface area contributed by atoms with Gasteiger partial charge in [-0.25, -0.2) is 8.42 Å². The second-order valence-corrected chi connectivity index (χ2v) is 8.25. The maximum absolute atomic E-state index is 12.8. The van der Waals surface area contributed by atoms with Crippen LogP contribution < -0.4 is 0 Å². The fraction of sp³-hybridized carbons (Fsp3) is 0.176. The summed E-state index contributed by atoms with van der Waals surface area (Å²) in [6, 6.07) is 15.8. The van der Waals surface area contributed by atoms with Gasteiger partial charge in [0.05, 0.1) is 10.9 Å². The Hall–Kier alpha value is -1.63. The molecule has 0 N–H and O–H groups in total. The van der Waals surface area contributed by atoms with Gasteiger partial charge < -0.3 is 4.42 Å². The Labute approximate surface area is 143 Å². The topological polar surface area (TPSA) is 50.5 Å². The molecule has 0 saturated carbocycles. The second kappa shape index (κ2) is 6.11. The minimum absolute atomic E-state index is 0.248. The average Bonchev–Trinajstić information content (AvgIpc) is 2.97. The van der Waals surface area contributed by atoms with E-state index in [2.05, 4.69) is 15.9 Å². The van der Waals surface area contributed by atoms with Gasteiger partial charge in [0, 0.05) is 16.9 Å². The van der Waals surface area contributed by atoms with Gasteiger partial charge in [0.2, 0.25) is 10.0 Å². The lowest BCUT2D eigenvalue weighted by atomic mass is 10.2. The van der Waals surface area contributed by atoms with E-state index in [1.165, 1.54) is 4.31 Å². The lowest BCUT2D eigenvalue weighted by Gasteiger charge is -2.22. The Kier molecular flexibility index (Phi) is 4.31. The number of nitrogens with zero attached hydrogens (tertiary/aromatic N) is 1. The van der Waals surface area contributed by atoms with Crippen molar-refractivity contribution in [3.05, 3.63) is 64.8 Å². The molecule has 0 aliphatic carbocycles. The van der Waals surface area contributed by atoms with E-state index < -0.39 is 16.1 Å². The maximum Gasteiger partial charge on any atom is 0.243 e. The smallest absolute Gasteiger partial charge is 0.243 e. The van der Waals surface area contributed by atoms with E-state index >= 15 is 0 Å². The van der Waals surface area contributed by atoms with E-state index in [4.69, 9.17) is 4.42 Å². The Morgan fingerprint density at radius 1 is 1.09 bits per heavy atom. The largest absolute Gasteiger partial charge is 0.459 e. The van der Waals surface area contributed by atoms with E-state index in [1.807, 2.05) is 37.3 Å². The highest BCUT2D eigenvalue weighted by Gasteiger charge is 2.28. The molecule has 6 heteroatoms. The van der Waals surface area contributed by atoms with Crippen LogP contribution in [0.1, 0.15) is 18.7 Å². The van der Waals surface area contributed by atoms with E-state index in [0.717, 1.165) is 15.4 Å². The predicted octanol–water partition coefficient (Wildman–Crippen LogP) is 4.58. The molecular weight excluding hydrogens is 378 g/mol. The number of hydrogen-bond acceptors (Lipinski definition) is 3. The van der Waals surface area contributed by atoms with Crippen LogP contribution in [0.15, 0.2) is 68.4 Å². The van der Waals surface area contributed by atoms with Gasteiger partial charge in [-0.15, -0.1) is 0 Å². The van der Waals surface area contributed by atoms with Crippen molar-refractivity contribution in [3.63, 3.8) is 0 Å². The van der Waals surface area contributed by atoms with Crippen molar-refractivity contribution in [2.45, 2.75) is 17.9 Å². The molecule has 0 aliphatic rings. The van der Waals surface area contributed by atoms with Crippen molar-refractivity contribution in [3.8, 4) is 0 Å². The molecule has 4 nitrogen and oxygen atoms in total. The Bertz CT molecular complexity index is 916. The van der Waals surface area contributed by atoms with Crippen molar-refractivity contribution >= 4 is 36.9 Å². The molecule has 1 unspecified atom stereocenters. The Morgan fingerprint density at radius 3 is 2.52 bits per heavy atom. The van der Waals surface area contributed by atoms with Gasteiger partial charge in [0.25, 0.3) is 0 Å². The molecule has 1 heterocycles. The molecule has 1 atom stereocenters. The van der Waals surface area contributed by atoms with Crippen LogP contribution in [-0.4, -0.2) is 19.8 Å². The van der Waals surface area contributed by atoms with Gasteiger partial charge in [0.15, 0.2) is 0 Å². The van der Waals surface area contributed by atoms with Crippen LogP contribution in [0.3, 0.4) is 0 Å². The van der Waals surface area contributed by atoms with E-state index in [0.29, 0.717) is 5.76 Å². The summed E-state index contributed by atoms with van der Waals surface area (Å²) in [6.45, 7) is 1.81. The summed E-state index contributed by atoms with van der Waals surface area (Å²) in [7, 11) is -2.04. The second-order valence-electron chi connectivity index (χ2n) is 5.34. The summed E-state index contributed by atoms with van der Waals surface area (Å²) >= 11 is 3.31. The van der Waals surface area contributed by atoms with Crippen LogP contribution >= 0.6 is 15.9 Å². The van der Waals surface area contributed by atoms with E-state index in [1.54, 1.807) is 31.3 Å². The SMILES string of the molecule is CC(c1cc2ccccc2o1)N(C)S(=O)(=O)c1cccc(Br)c1. The normalized spacial score (nSPS) is 13.6. The molecule has 0 radical (unpaired) electrons. The molecule has 0 bridgehead atoms. The zero-order valence-electron chi connectivity index (χ0n) is 12.7. The number of halogens is 1. The number of rotatable bonds is 4. The van der Waals surface area contributed by atoms with Crippen LogP contribution in [0, 0.1) is 0 Å². The van der Waals surface area contributed by atoms with Crippen molar-refractivity contribution in [2.75, 3.05) is 7.05 Å². The number of hydrogen-bond donors (Lipinski definition) is 0. The highest BCUT2D eigenvalue weighted by Crippen LogP contribution is 2.30. The lowest BCUT2D eigenvalue weighted by molar-refractivity contribution is 0.348. The fourth-order valence-corrected chi connectivity index (χ4v) is 4.32. The van der Waals surface area contributed by atoms with Crippen molar-refractivity contribution in [1.82, 2.24) is 4.31 Å². The van der Waals surface area contributed by atoms with Crippen molar-refractivity contribution < 1.29 is 12.8 Å². The van der Waals surface area contributed by atoms with E-state index in [-0.39, 0.29) is 4.90 Å². The summed E-state index contributed by atoms with van der Waals surface area (Å²) in [5, 5.41) is 0.961. The zero-order valence-corrected chi connectivity index (χ0v) is 15.1. The monoisotopic (exact) mass is 393 g/mol. The quantitative estimate of drug-likeness (QED) is 0.651. The standard InChI is InChI=1S/C17H16BrNO3S/c1-12(17-10-13-6-3-4-9-16(13)22-17)19(2)23(20,21)15-8-5-7-14(18)11-15/h3-12H,1-2H3. The summed E-state index contributed by atoms with van der Waals surface area (Å²) in [6.07, 6.45) is 0. The molecule has 0 spiro atoms. The molecule has 1 aromatic heterocycles. The molecule has 3 rings (SSSR count). The molecule has 3 aromatic rings. The first-order chi connectivity index (χ1) is 10.9. The van der Waals surface area contributed by atoms with Gasteiger partial charge in [-0.1, -0.05) is 40.2 Å². The van der Waals surface area contributed by atoms with Crippen LogP contribution in [-0.2, 0) is 10.0 Å². The predicted molar refractivity (Wildman–Crippen MR) is 93.7 cm³/mol. The third-order valence-electron chi connectivity index (χ3n) is 3.87. The molecule has 0 amide bonds. The number of para-hydroxylation sites is 1. The number of fused-ring (bicyclic) bond motifs is 1. The number of furan rings is 1. The molecular formula is C17H16BrNO3S. The highest BCUT2D eigenvalue weighted by molar-refractivity contribution is 9.10. The third-order valence-corrected chi connectivity index (χ3v) is 6.29. The zero-order chi connectivity index (χ0) is 16.6. The van der Waals surface area contributed by atoms with Gasteiger partial charge in [-0.2, -0.15) is 4.31 Å². The van der Waals surface area contributed by atoms with Gasteiger partial charge in [-0.05, 0) is 37.3 Å². The molecule has 0 fully saturated rings. The fourth-order valence-electron chi connectivity index (χ4n) is 2.39. The molecule has 2 aromatic carbocycles. The lowest BCUT2D eigenvalue weighted by Crippen LogP contribution is -2.29. The van der Waals surface area contributed by atoms with Gasteiger partial charge >= 0.3 is 0 Å². The molecule has 120 valence electrons. The van der Waals surface area contributed by atoms with Crippen molar-refractivity contribution in [1.29, 1.82) is 0 Å². The maximum atomic E-state index is 12.8. The van der Waals surface area contributed by atoms with Crippen LogP contribution in [0.5, 0.6) is 0 Å². The Balaban J connectivity index is 1.96.